The molecule has 106 valence electrons. The van der Waals surface area contributed by atoms with Crippen LogP contribution in [-0.2, 0) is 17.6 Å². The van der Waals surface area contributed by atoms with Gasteiger partial charge in [0.1, 0.15) is 0 Å². The third-order valence-corrected chi connectivity index (χ3v) is 3.84. The molecule has 0 aliphatic carbocycles. The van der Waals surface area contributed by atoms with Crippen molar-refractivity contribution < 1.29 is 9.53 Å². The molecule has 0 radical (unpaired) electrons. The number of pyridine rings is 1. The zero-order valence-electron chi connectivity index (χ0n) is 11.2. The van der Waals surface area contributed by atoms with Crippen LogP contribution in [0.5, 0.6) is 0 Å². The van der Waals surface area contributed by atoms with Crippen molar-refractivity contribution in [2.24, 2.45) is 0 Å². The molecule has 1 N–H and O–H groups in total. The van der Waals surface area contributed by atoms with Crippen LogP contribution in [0.4, 0.5) is 0 Å². The fourth-order valence-corrected chi connectivity index (χ4v) is 2.49. The standard InChI is InChI=1S/C14H16IN3O2/c1-2-20-14(19)13-8-11(17-18-13)5-3-4-10-6-7-16-9-12(10)15/h6-9H,2-5H2,1H3,(H,17,18). The lowest BCUT2D eigenvalue weighted by atomic mass is 10.1. The van der Waals surface area contributed by atoms with E-state index in [1.807, 2.05) is 18.5 Å². The van der Waals surface area contributed by atoms with Gasteiger partial charge in [0.25, 0.3) is 0 Å². The molecule has 0 unspecified atom stereocenters. The maximum absolute atomic E-state index is 11.5. The van der Waals surface area contributed by atoms with Gasteiger partial charge in [0, 0.05) is 21.7 Å². The van der Waals surface area contributed by atoms with Crippen LogP contribution in [-0.4, -0.2) is 27.8 Å². The summed E-state index contributed by atoms with van der Waals surface area (Å²) >= 11 is 2.29. The van der Waals surface area contributed by atoms with Crippen LogP contribution in [0.1, 0.15) is 35.1 Å². The Morgan fingerprint density at radius 1 is 1.45 bits per heavy atom. The first-order chi connectivity index (χ1) is 9.70. The molecule has 0 amide bonds. The molecule has 0 saturated heterocycles. The molecule has 0 bridgehead atoms. The average molecular weight is 385 g/mol. The third kappa shape index (κ3) is 4.03. The van der Waals surface area contributed by atoms with Crippen LogP contribution in [0.15, 0.2) is 24.5 Å². The molecule has 2 heterocycles. The smallest absolute Gasteiger partial charge is 0.358 e. The normalized spacial score (nSPS) is 10.5. The number of hydrogen-bond donors (Lipinski definition) is 1. The van der Waals surface area contributed by atoms with E-state index in [9.17, 15) is 4.79 Å². The number of rotatable bonds is 6. The number of nitrogens with zero attached hydrogens (tertiary/aromatic N) is 2. The molecule has 0 atom stereocenters. The number of carbonyl (C=O) groups excluding carboxylic acids is 1. The summed E-state index contributed by atoms with van der Waals surface area (Å²) in [6.07, 6.45) is 6.50. The van der Waals surface area contributed by atoms with E-state index in [1.54, 1.807) is 13.0 Å². The van der Waals surface area contributed by atoms with Crippen LogP contribution in [0.3, 0.4) is 0 Å². The van der Waals surface area contributed by atoms with Crippen LogP contribution in [0.25, 0.3) is 0 Å². The minimum Gasteiger partial charge on any atom is -0.461 e. The Labute approximate surface area is 131 Å². The van der Waals surface area contributed by atoms with Gasteiger partial charge in [-0.1, -0.05) is 0 Å². The van der Waals surface area contributed by atoms with Gasteiger partial charge in [0.05, 0.1) is 6.61 Å². The average Bonchev–Trinajstić information content (AvgIpc) is 2.90. The van der Waals surface area contributed by atoms with Crippen molar-refractivity contribution in [3.05, 3.63) is 45.0 Å². The number of halogens is 1. The van der Waals surface area contributed by atoms with Crippen molar-refractivity contribution in [1.29, 1.82) is 0 Å². The quantitative estimate of drug-likeness (QED) is 0.614. The summed E-state index contributed by atoms with van der Waals surface area (Å²) in [5.41, 5.74) is 2.60. The van der Waals surface area contributed by atoms with Gasteiger partial charge in [-0.15, -0.1) is 0 Å². The fraction of sp³-hybridized carbons (Fsp3) is 0.357. The fourth-order valence-electron chi connectivity index (χ4n) is 1.88. The molecule has 5 nitrogen and oxygen atoms in total. The number of esters is 1. The Morgan fingerprint density at radius 3 is 3.05 bits per heavy atom. The Kier molecular flexibility index (Phi) is 5.51. The molecule has 0 aliphatic heterocycles. The van der Waals surface area contributed by atoms with Gasteiger partial charge in [-0.25, -0.2) is 4.79 Å². The highest BCUT2D eigenvalue weighted by atomic mass is 127. The molecule has 20 heavy (non-hydrogen) atoms. The monoisotopic (exact) mass is 385 g/mol. The summed E-state index contributed by atoms with van der Waals surface area (Å²) in [6, 6.07) is 3.80. The maximum Gasteiger partial charge on any atom is 0.358 e. The topological polar surface area (TPSA) is 67.9 Å². The molecule has 0 aromatic carbocycles. The number of aromatic nitrogens is 3. The summed E-state index contributed by atoms with van der Waals surface area (Å²) in [7, 11) is 0. The predicted octanol–water partition coefficient (Wildman–Crippen LogP) is 2.76. The second-order valence-electron chi connectivity index (χ2n) is 4.32. The largest absolute Gasteiger partial charge is 0.461 e. The lowest BCUT2D eigenvalue weighted by molar-refractivity contribution is 0.0519. The first kappa shape index (κ1) is 15.0. The highest BCUT2D eigenvalue weighted by Crippen LogP contribution is 2.13. The van der Waals surface area contributed by atoms with Gasteiger partial charge < -0.3 is 4.74 Å². The Balaban J connectivity index is 1.86. The van der Waals surface area contributed by atoms with E-state index in [0.29, 0.717) is 12.3 Å². The van der Waals surface area contributed by atoms with Gasteiger partial charge in [0.2, 0.25) is 0 Å². The highest BCUT2D eigenvalue weighted by molar-refractivity contribution is 14.1. The van der Waals surface area contributed by atoms with Crippen LogP contribution >= 0.6 is 22.6 Å². The molecular formula is C14H16IN3O2. The summed E-state index contributed by atoms with van der Waals surface area (Å²) in [4.78, 5) is 15.6. The van der Waals surface area contributed by atoms with Crippen LogP contribution in [0, 0.1) is 3.57 Å². The van der Waals surface area contributed by atoms with Crippen molar-refractivity contribution in [3.8, 4) is 0 Å². The van der Waals surface area contributed by atoms with Crippen molar-refractivity contribution in [1.82, 2.24) is 15.2 Å². The lowest BCUT2D eigenvalue weighted by Crippen LogP contribution is -2.04. The minimum atomic E-state index is -0.376. The summed E-state index contributed by atoms with van der Waals surface area (Å²) < 4.78 is 6.08. The van der Waals surface area contributed by atoms with Gasteiger partial charge in [0.15, 0.2) is 5.69 Å². The molecule has 6 heteroatoms. The van der Waals surface area contributed by atoms with E-state index < -0.39 is 0 Å². The van der Waals surface area contributed by atoms with E-state index in [2.05, 4.69) is 37.8 Å². The number of H-pyrrole nitrogens is 1. The Morgan fingerprint density at radius 2 is 2.30 bits per heavy atom. The van der Waals surface area contributed by atoms with Crippen molar-refractivity contribution in [2.45, 2.75) is 26.2 Å². The number of carbonyl (C=O) groups is 1. The van der Waals surface area contributed by atoms with E-state index in [-0.39, 0.29) is 5.97 Å². The number of ether oxygens (including phenoxy) is 1. The van der Waals surface area contributed by atoms with Crippen LogP contribution in [0.2, 0.25) is 0 Å². The third-order valence-electron chi connectivity index (χ3n) is 2.86. The second kappa shape index (κ2) is 7.37. The highest BCUT2D eigenvalue weighted by Gasteiger charge is 2.11. The molecule has 2 aromatic heterocycles. The maximum atomic E-state index is 11.5. The summed E-state index contributed by atoms with van der Waals surface area (Å²) in [5, 5.41) is 6.85. The summed E-state index contributed by atoms with van der Waals surface area (Å²) in [5.74, 6) is -0.376. The number of aryl methyl sites for hydroxylation is 2. The molecule has 0 spiro atoms. The number of nitrogens with one attached hydrogen (secondary N) is 1. The van der Waals surface area contributed by atoms with Crippen molar-refractivity contribution >= 4 is 28.6 Å². The van der Waals surface area contributed by atoms with E-state index in [4.69, 9.17) is 4.74 Å². The molecule has 0 saturated carbocycles. The first-order valence-corrected chi connectivity index (χ1v) is 7.58. The van der Waals surface area contributed by atoms with E-state index in [0.717, 1.165) is 25.0 Å². The first-order valence-electron chi connectivity index (χ1n) is 6.50. The number of hydrogen-bond acceptors (Lipinski definition) is 4. The minimum absolute atomic E-state index is 0.348. The predicted molar refractivity (Wildman–Crippen MR) is 83.5 cm³/mol. The number of aromatic amines is 1. The Bertz CT molecular complexity index is 583. The van der Waals surface area contributed by atoms with Gasteiger partial charge in [-0.3, -0.25) is 10.1 Å². The Hall–Kier alpha value is -1.44. The molecule has 0 aliphatic rings. The van der Waals surface area contributed by atoms with Gasteiger partial charge in [-0.2, -0.15) is 5.10 Å². The zero-order chi connectivity index (χ0) is 14.4. The molecule has 2 rings (SSSR count). The van der Waals surface area contributed by atoms with Gasteiger partial charge >= 0.3 is 5.97 Å². The zero-order valence-corrected chi connectivity index (χ0v) is 13.4. The van der Waals surface area contributed by atoms with E-state index in [1.165, 1.54) is 9.13 Å². The van der Waals surface area contributed by atoms with Gasteiger partial charge in [-0.05, 0) is 66.5 Å². The van der Waals surface area contributed by atoms with E-state index >= 15 is 0 Å². The lowest BCUT2D eigenvalue weighted by Gasteiger charge is -2.02. The van der Waals surface area contributed by atoms with Crippen molar-refractivity contribution in [3.63, 3.8) is 0 Å². The molecule has 0 fully saturated rings. The molecule has 2 aromatic rings. The summed E-state index contributed by atoms with van der Waals surface area (Å²) in [6.45, 7) is 2.14. The second-order valence-corrected chi connectivity index (χ2v) is 5.48. The molecular weight excluding hydrogens is 369 g/mol. The van der Waals surface area contributed by atoms with Crippen molar-refractivity contribution in [2.75, 3.05) is 6.61 Å². The SMILES string of the molecule is CCOC(=O)c1cc(CCCc2ccncc2I)[nH]n1. The van der Waals surface area contributed by atoms with Crippen LogP contribution < -0.4 is 0 Å².